The monoisotopic (exact) mass is 215 g/mol. The van der Waals surface area contributed by atoms with E-state index >= 15 is 0 Å². The van der Waals surface area contributed by atoms with E-state index in [9.17, 15) is 4.79 Å². The number of methoxy groups -OCH3 is 1. The van der Waals surface area contributed by atoms with Crippen molar-refractivity contribution in [2.24, 2.45) is 5.73 Å². The van der Waals surface area contributed by atoms with Crippen LogP contribution in [0.1, 0.15) is 11.6 Å². The van der Waals surface area contributed by atoms with Crippen molar-refractivity contribution < 1.29 is 14.6 Å². The molecule has 0 spiro atoms. The Balaban J connectivity index is 3.16. The quantitative estimate of drug-likeness (QED) is 0.800. The minimum Gasteiger partial charge on any atom is -0.496 e. The highest BCUT2D eigenvalue weighted by atomic mass is 35.5. The van der Waals surface area contributed by atoms with Crippen LogP contribution in [0.15, 0.2) is 18.2 Å². The van der Waals surface area contributed by atoms with E-state index in [1.165, 1.54) is 13.2 Å². The maximum atomic E-state index is 10.7. The Morgan fingerprint density at radius 2 is 2.29 bits per heavy atom. The Labute approximate surface area is 86.2 Å². The average Bonchev–Trinajstić information content (AvgIpc) is 2.16. The number of carboxylic acids is 1. The molecule has 0 saturated carbocycles. The Morgan fingerprint density at radius 3 is 2.79 bits per heavy atom. The standard InChI is InChI=1S/C9H10ClNO3/c1-14-7-3-2-5(10)4-6(7)8(11)9(12)13/h2-4,8H,11H2,1H3,(H,12,13). The third-order valence-corrected chi connectivity index (χ3v) is 2.03. The minimum atomic E-state index is -1.12. The SMILES string of the molecule is COc1ccc(Cl)cc1C(N)C(=O)O. The van der Waals surface area contributed by atoms with Crippen LogP contribution in [0.2, 0.25) is 5.02 Å². The second-order valence-corrected chi connectivity index (χ2v) is 3.14. The molecule has 0 saturated heterocycles. The van der Waals surface area contributed by atoms with E-state index in [2.05, 4.69) is 0 Å². The molecule has 0 aromatic heterocycles. The van der Waals surface area contributed by atoms with Gasteiger partial charge in [-0.3, -0.25) is 4.79 Å². The molecule has 1 aromatic carbocycles. The van der Waals surface area contributed by atoms with Crippen molar-refractivity contribution in [2.75, 3.05) is 7.11 Å². The zero-order chi connectivity index (χ0) is 10.7. The maximum absolute atomic E-state index is 10.7. The number of benzene rings is 1. The summed E-state index contributed by atoms with van der Waals surface area (Å²) in [5.74, 6) is -0.699. The van der Waals surface area contributed by atoms with Crippen molar-refractivity contribution in [1.29, 1.82) is 0 Å². The fraction of sp³-hybridized carbons (Fsp3) is 0.222. The third kappa shape index (κ3) is 2.16. The minimum absolute atomic E-state index is 0.368. The van der Waals surface area contributed by atoms with Gasteiger partial charge in [0.15, 0.2) is 0 Å². The molecule has 76 valence electrons. The van der Waals surface area contributed by atoms with Crippen LogP contribution in [0.4, 0.5) is 0 Å². The van der Waals surface area contributed by atoms with Crippen molar-refractivity contribution >= 4 is 17.6 Å². The molecule has 1 atom stereocenters. The Bertz CT molecular complexity index is 354. The molecule has 0 aliphatic heterocycles. The van der Waals surface area contributed by atoms with Gasteiger partial charge in [0.1, 0.15) is 11.8 Å². The second kappa shape index (κ2) is 4.30. The van der Waals surface area contributed by atoms with Crippen LogP contribution in [-0.2, 0) is 4.79 Å². The van der Waals surface area contributed by atoms with Crippen LogP contribution in [0.3, 0.4) is 0 Å². The van der Waals surface area contributed by atoms with Crippen LogP contribution in [0.25, 0.3) is 0 Å². The summed E-state index contributed by atoms with van der Waals surface area (Å²) < 4.78 is 4.97. The third-order valence-electron chi connectivity index (χ3n) is 1.79. The van der Waals surface area contributed by atoms with Gasteiger partial charge in [-0.2, -0.15) is 0 Å². The molecule has 3 N–H and O–H groups in total. The van der Waals surface area contributed by atoms with E-state index in [0.29, 0.717) is 16.3 Å². The lowest BCUT2D eigenvalue weighted by Crippen LogP contribution is -2.21. The maximum Gasteiger partial charge on any atom is 0.325 e. The van der Waals surface area contributed by atoms with Gasteiger partial charge < -0.3 is 15.6 Å². The number of nitrogens with two attached hydrogens (primary N) is 1. The Morgan fingerprint density at radius 1 is 1.64 bits per heavy atom. The summed E-state index contributed by atoms with van der Waals surface area (Å²) in [5.41, 5.74) is 5.81. The van der Waals surface area contributed by atoms with Gasteiger partial charge in [-0.05, 0) is 18.2 Å². The van der Waals surface area contributed by atoms with Crippen molar-refractivity contribution in [3.63, 3.8) is 0 Å². The largest absolute Gasteiger partial charge is 0.496 e. The van der Waals surface area contributed by atoms with Gasteiger partial charge >= 0.3 is 5.97 Å². The zero-order valence-electron chi connectivity index (χ0n) is 7.53. The fourth-order valence-corrected chi connectivity index (χ4v) is 1.26. The molecule has 1 aromatic rings. The van der Waals surface area contributed by atoms with Gasteiger partial charge in [0.25, 0.3) is 0 Å². The topological polar surface area (TPSA) is 72.5 Å². The highest BCUT2D eigenvalue weighted by molar-refractivity contribution is 6.30. The normalized spacial score (nSPS) is 12.2. The van der Waals surface area contributed by atoms with Crippen LogP contribution >= 0.6 is 11.6 Å². The number of halogens is 1. The molecule has 5 heteroatoms. The molecule has 0 heterocycles. The van der Waals surface area contributed by atoms with Gasteiger partial charge in [-0.1, -0.05) is 11.6 Å². The highest BCUT2D eigenvalue weighted by Gasteiger charge is 2.18. The number of rotatable bonds is 3. The van der Waals surface area contributed by atoms with E-state index < -0.39 is 12.0 Å². The van der Waals surface area contributed by atoms with Gasteiger partial charge in [0.05, 0.1) is 7.11 Å². The molecule has 14 heavy (non-hydrogen) atoms. The Hall–Kier alpha value is -1.26. The van der Waals surface area contributed by atoms with Crippen molar-refractivity contribution in [2.45, 2.75) is 6.04 Å². The summed E-state index contributed by atoms with van der Waals surface area (Å²) in [6.07, 6.45) is 0. The van der Waals surface area contributed by atoms with Crippen LogP contribution in [-0.4, -0.2) is 18.2 Å². The summed E-state index contributed by atoms with van der Waals surface area (Å²) >= 11 is 5.72. The number of hydrogen-bond acceptors (Lipinski definition) is 3. The molecule has 4 nitrogen and oxygen atoms in total. The molecule has 0 radical (unpaired) electrons. The lowest BCUT2D eigenvalue weighted by Gasteiger charge is -2.11. The zero-order valence-corrected chi connectivity index (χ0v) is 8.28. The molecule has 0 fully saturated rings. The number of hydrogen-bond donors (Lipinski definition) is 2. The summed E-state index contributed by atoms with van der Waals surface area (Å²) in [6, 6.07) is 3.56. The Kier molecular flexibility index (Phi) is 3.33. The number of carbonyl (C=O) groups is 1. The first-order chi connectivity index (χ1) is 6.56. The van der Waals surface area contributed by atoms with Crippen LogP contribution in [0, 0.1) is 0 Å². The molecule has 0 aliphatic rings. The van der Waals surface area contributed by atoms with Crippen LogP contribution in [0.5, 0.6) is 5.75 Å². The number of carboxylic acid groups (broad SMARTS) is 1. The van der Waals surface area contributed by atoms with Crippen molar-refractivity contribution in [3.05, 3.63) is 28.8 Å². The number of aliphatic carboxylic acids is 1. The van der Waals surface area contributed by atoms with Gasteiger partial charge in [0, 0.05) is 10.6 Å². The predicted octanol–water partition coefficient (Wildman–Crippen LogP) is 1.43. The van der Waals surface area contributed by atoms with E-state index in [-0.39, 0.29) is 0 Å². The predicted molar refractivity (Wildman–Crippen MR) is 52.6 cm³/mol. The number of ether oxygens (including phenoxy) is 1. The van der Waals surface area contributed by atoms with E-state index in [0.717, 1.165) is 0 Å². The van der Waals surface area contributed by atoms with Crippen LogP contribution < -0.4 is 10.5 Å². The molecule has 1 rings (SSSR count). The summed E-state index contributed by atoms with van der Waals surface area (Å²) in [4.78, 5) is 10.7. The molecular weight excluding hydrogens is 206 g/mol. The molecule has 0 amide bonds. The van der Waals surface area contributed by atoms with Gasteiger partial charge in [0.2, 0.25) is 0 Å². The molecule has 0 aliphatic carbocycles. The molecule has 1 unspecified atom stereocenters. The highest BCUT2D eigenvalue weighted by Crippen LogP contribution is 2.27. The lowest BCUT2D eigenvalue weighted by atomic mass is 10.1. The van der Waals surface area contributed by atoms with Crippen molar-refractivity contribution in [1.82, 2.24) is 0 Å². The van der Waals surface area contributed by atoms with E-state index in [1.54, 1.807) is 12.1 Å². The van der Waals surface area contributed by atoms with E-state index in [1.807, 2.05) is 0 Å². The van der Waals surface area contributed by atoms with E-state index in [4.69, 9.17) is 27.2 Å². The van der Waals surface area contributed by atoms with Crippen molar-refractivity contribution in [3.8, 4) is 5.75 Å². The fourth-order valence-electron chi connectivity index (χ4n) is 1.08. The van der Waals surface area contributed by atoms with Gasteiger partial charge in [-0.15, -0.1) is 0 Å². The smallest absolute Gasteiger partial charge is 0.325 e. The summed E-state index contributed by atoms with van der Waals surface area (Å²) in [6.45, 7) is 0. The first-order valence-corrected chi connectivity index (χ1v) is 4.26. The first-order valence-electron chi connectivity index (χ1n) is 3.88. The average molecular weight is 216 g/mol. The lowest BCUT2D eigenvalue weighted by molar-refractivity contribution is -0.138. The summed E-state index contributed by atoms with van der Waals surface area (Å²) in [5, 5.41) is 9.15. The van der Waals surface area contributed by atoms with Gasteiger partial charge in [-0.25, -0.2) is 0 Å². The molecule has 0 bridgehead atoms. The second-order valence-electron chi connectivity index (χ2n) is 2.70. The first kappa shape index (κ1) is 10.8. The summed E-state index contributed by atoms with van der Waals surface area (Å²) in [7, 11) is 1.45. The molecular formula is C9H10ClNO3.